The number of thioether (sulfide) groups is 1. The van der Waals surface area contributed by atoms with Gasteiger partial charge in [0.1, 0.15) is 5.65 Å². The summed E-state index contributed by atoms with van der Waals surface area (Å²) in [6.45, 7) is 4.42. The number of aromatic nitrogens is 2. The van der Waals surface area contributed by atoms with Crippen LogP contribution in [0.4, 0.5) is 5.69 Å². The van der Waals surface area contributed by atoms with E-state index in [9.17, 15) is 4.79 Å². The van der Waals surface area contributed by atoms with Gasteiger partial charge in [0.25, 0.3) is 0 Å². The van der Waals surface area contributed by atoms with E-state index in [-0.39, 0.29) is 17.2 Å². The van der Waals surface area contributed by atoms with Gasteiger partial charge in [0.05, 0.1) is 24.1 Å². The predicted molar refractivity (Wildman–Crippen MR) is 117 cm³/mol. The first-order valence-corrected chi connectivity index (χ1v) is 10.9. The second-order valence-electron chi connectivity index (χ2n) is 7.87. The standard InChI is InChI=1S/C21H26N6OS/c1-14-6-10-27(20(28)11-19-25-12-15(29-19)3-7-22)13-18(14)26(2)17-5-9-24-21-16(17)4-8-23-21/h4-5,8-9,14-15,18H,3,6,10-13H2,1-2H3,(H,23,24)/t14-,15?,18?/m1/s1. The van der Waals surface area contributed by atoms with E-state index in [2.05, 4.69) is 46.0 Å². The fraction of sp³-hybridized carbons (Fsp3) is 0.524. The van der Waals surface area contributed by atoms with Crippen molar-refractivity contribution in [3.05, 3.63) is 24.5 Å². The summed E-state index contributed by atoms with van der Waals surface area (Å²) in [5, 5.41) is 11.0. The first-order valence-electron chi connectivity index (χ1n) is 10.1. The average molecular weight is 411 g/mol. The van der Waals surface area contributed by atoms with Crippen LogP contribution in [0.3, 0.4) is 0 Å². The van der Waals surface area contributed by atoms with Crippen molar-refractivity contribution in [2.45, 2.75) is 37.5 Å². The number of carbonyl (C=O) groups is 1. The van der Waals surface area contributed by atoms with Gasteiger partial charge in [0, 0.05) is 61.3 Å². The van der Waals surface area contributed by atoms with E-state index in [1.165, 1.54) is 0 Å². The van der Waals surface area contributed by atoms with Gasteiger partial charge in [-0.05, 0) is 24.5 Å². The Morgan fingerprint density at radius 3 is 3.17 bits per heavy atom. The molecule has 2 aromatic rings. The minimum absolute atomic E-state index is 0.140. The number of nitrogens with one attached hydrogen (secondary N) is 1. The Balaban J connectivity index is 1.43. The zero-order chi connectivity index (χ0) is 20.4. The number of rotatable bonds is 5. The Labute approximate surface area is 175 Å². The minimum Gasteiger partial charge on any atom is -0.369 e. The number of aliphatic imine (C=N–C) groups is 1. The zero-order valence-electron chi connectivity index (χ0n) is 16.8. The number of fused-ring (bicyclic) bond motifs is 1. The lowest BCUT2D eigenvalue weighted by molar-refractivity contribution is -0.131. The van der Waals surface area contributed by atoms with Crippen LogP contribution in [-0.4, -0.2) is 63.8 Å². The third-order valence-electron chi connectivity index (χ3n) is 5.98. The van der Waals surface area contributed by atoms with Crippen LogP contribution in [0.1, 0.15) is 26.2 Å². The second-order valence-corrected chi connectivity index (χ2v) is 9.24. The number of aromatic amines is 1. The number of pyridine rings is 1. The lowest BCUT2D eigenvalue weighted by Gasteiger charge is -2.42. The van der Waals surface area contributed by atoms with E-state index in [0.29, 0.717) is 31.8 Å². The monoisotopic (exact) mass is 410 g/mol. The van der Waals surface area contributed by atoms with Gasteiger partial charge in [0.15, 0.2) is 0 Å². The molecule has 152 valence electrons. The molecule has 1 amide bonds. The molecule has 2 aliphatic rings. The smallest absolute Gasteiger partial charge is 0.229 e. The van der Waals surface area contributed by atoms with E-state index < -0.39 is 0 Å². The molecular formula is C21H26N6OS. The van der Waals surface area contributed by atoms with Crippen molar-refractivity contribution >= 4 is 39.4 Å². The van der Waals surface area contributed by atoms with Crippen LogP contribution in [0.15, 0.2) is 29.5 Å². The van der Waals surface area contributed by atoms with Gasteiger partial charge in [-0.2, -0.15) is 5.26 Å². The lowest BCUT2D eigenvalue weighted by atomic mass is 9.91. The summed E-state index contributed by atoms with van der Waals surface area (Å²) < 4.78 is 0. The predicted octanol–water partition coefficient (Wildman–Crippen LogP) is 3.05. The highest BCUT2D eigenvalue weighted by molar-refractivity contribution is 8.14. The molecule has 0 bridgehead atoms. The minimum atomic E-state index is 0.140. The molecule has 4 heterocycles. The van der Waals surface area contributed by atoms with Gasteiger partial charge in [-0.15, -0.1) is 11.8 Å². The fourth-order valence-electron chi connectivity index (χ4n) is 4.23. The molecule has 1 fully saturated rings. The molecule has 0 saturated carbocycles. The summed E-state index contributed by atoms with van der Waals surface area (Å²) in [6, 6.07) is 6.54. The molecule has 29 heavy (non-hydrogen) atoms. The molecule has 7 nitrogen and oxygen atoms in total. The van der Waals surface area contributed by atoms with Crippen LogP contribution < -0.4 is 4.90 Å². The molecule has 0 aliphatic carbocycles. The summed E-state index contributed by atoms with van der Waals surface area (Å²) in [7, 11) is 2.11. The van der Waals surface area contributed by atoms with Crippen LogP contribution in [0.2, 0.25) is 0 Å². The molecule has 1 saturated heterocycles. The highest BCUT2D eigenvalue weighted by atomic mass is 32.2. The molecule has 2 aromatic heterocycles. The van der Waals surface area contributed by atoms with Crippen LogP contribution in [-0.2, 0) is 4.79 Å². The summed E-state index contributed by atoms with van der Waals surface area (Å²) in [5.41, 5.74) is 2.02. The normalized spacial score (nSPS) is 24.4. The maximum Gasteiger partial charge on any atom is 0.229 e. The number of nitrogens with zero attached hydrogens (tertiary/aromatic N) is 5. The Bertz CT molecular complexity index is 963. The molecule has 0 radical (unpaired) electrons. The van der Waals surface area contributed by atoms with Crippen molar-refractivity contribution in [2.24, 2.45) is 10.9 Å². The van der Waals surface area contributed by atoms with Crippen molar-refractivity contribution in [3.8, 4) is 6.07 Å². The fourth-order valence-corrected chi connectivity index (χ4v) is 5.28. The Morgan fingerprint density at radius 1 is 1.48 bits per heavy atom. The first-order chi connectivity index (χ1) is 14.1. The van der Waals surface area contributed by atoms with Crippen molar-refractivity contribution in [1.82, 2.24) is 14.9 Å². The molecule has 0 spiro atoms. The van der Waals surface area contributed by atoms with Gasteiger partial charge >= 0.3 is 0 Å². The highest BCUT2D eigenvalue weighted by Crippen LogP contribution is 2.31. The first kappa shape index (κ1) is 19.8. The van der Waals surface area contributed by atoms with Crippen molar-refractivity contribution < 1.29 is 4.79 Å². The van der Waals surface area contributed by atoms with E-state index in [1.54, 1.807) is 11.8 Å². The third-order valence-corrected chi connectivity index (χ3v) is 7.18. The number of amides is 1. The van der Waals surface area contributed by atoms with E-state index in [0.717, 1.165) is 34.7 Å². The lowest BCUT2D eigenvalue weighted by Crippen LogP contribution is -2.52. The molecule has 4 rings (SSSR count). The van der Waals surface area contributed by atoms with Crippen LogP contribution >= 0.6 is 11.8 Å². The van der Waals surface area contributed by atoms with E-state index in [1.807, 2.05) is 23.4 Å². The molecule has 2 aliphatic heterocycles. The average Bonchev–Trinajstić information content (AvgIpc) is 3.37. The molecule has 3 atom stereocenters. The maximum absolute atomic E-state index is 12.9. The number of hydrogen-bond acceptors (Lipinski definition) is 6. The number of piperidine rings is 1. The summed E-state index contributed by atoms with van der Waals surface area (Å²) in [4.78, 5) is 29.2. The summed E-state index contributed by atoms with van der Waals surface area (Å²) >= 11 is 1.59. The Kier molecular flexibility index (Phi) is 5.76. The number of likely N-dealkylation sites (N-methyl/N-ethyl adjacent to an activating group) is 1. The van der Waals surface area contributed by atoms with Crippen molar-refractivity contribution in [2.75, 3.05) is 31.6 Å². The van der Waals surface area contributed by atoms with E-state index >= 15 is 0 Å². The van der Waals surface area contributed by atoms with Gasteiger partial charge in [-0.25, -0.2) is 4.98 Å². The Morgan fingerprint density at radius 2 is 2.34 bits per heavy atom. The molecule has 2 unspecified atom stereocenters. The van der Waals surface area contributed by atoms with Crippen LogP contribution in [0, 0.1) is 17.2 Å². The zero-order valence-corrected chi connectivity index (χ0v) is 17.7. The number of carbonyl (C=O) groups excluding carboxylic acids is 1. The topological polar surface area (TPSA) is 88.4 Å². The number of H-pyrrole nitrogens is 1. The molecule has 8 heteroatoms. The van der Waals surface area contributed by atoms with Crippen molar-refractivity contribution in [1.29, 1.82) is 5.26 Å². The van der Waals surface area contributed by atoms with Crippen LogP contribution in [0.25, 0.3) is 11.0 Å². The van der Waals surface area contributed by atoms with Gasteiger partial charge in [-0.3, -0.25) is 9.79 Å². The quantitative estimate of drug-likeness (QED) is 0.818. The third kappa shape index (κ3) is 4.10. The van der Waals surface area contributed by atoms with E-state index in [4.69, 9.17) is 5.26 Å². The number of nitriles is 1. The molecular weight excluding hydrogens is 384 g/mol. The van der Waals surface area contributed by atoms with Gasteiger partial charge < -0.3 is 14.8 Å². The Hall–Kier alpha value is -2.53. The van der Waals surface area contributed by atoms with Gasteiger partial charge in [-0.1, -0.05) is 6.92 Å². The highest BCUT2D eigenvalue weighted by Gasteiger charge is 2.33. The SMILES string of the molecule is C[C@@H]1CCN(C(=O)CC2=NCC(CC#N)S2)CC1N(C)c1ccnc2[nH]ccc12. The number of hydrogen-bond donors (Lipinski definition) is 1. The molecule has 0 aromatic carbocycles. The number of likely N-dealkylation sites (tertiary alicyclic amines) is 1. The van der Waals surface area contributed by atoms with Gasteiger partial charge in [0.2, 0.25) is 5.91 Å². The largest absolute Gasteiger partial charge is 0.369 e. The summed E-state index contributed by atoms with van der Waals surface area (Å²) in [5.74, 6) is 0.630. The number of anilines is 1. The maximum atomic E-state index is 12.9. The summed E-state index contributed by atoms with van der Waals surface area (Å²) in [6.07, 6.45) is 5.57. The molecule has 1 N–H and O–H groups in total. The van der Waals surface area contributed by atoms with Crippen molar-refractivity contribution in [3.63, 3.8) is 0 Å². The van der Waals surface area contributed by atoms with Crippen LogP contribution in [0.5, 0.6) is 0 Å². The second kappa shape index (κ2) is 8.46.